The van der Waals surface area contributed by atoms with Crippen molar-refractivity contribution in [1.82, 2.24) is 0 Å². The number of benzene rings is 1. The average molecular weight is 243 g/mol. The van der Waals surface area contributed by atoms with Crippen LogP contribution in [-0.2, 0) is 12.8 Å². The number of carbonyl (C=O) groups is 1. The Morgan fingerprint density at radius 2 is 2.07 bits per heavy atom. The number of fused-ring (bicyclic) bond motifs is 1. The van der Waals surface area contributed by atoms with E-state index in [4.69, 9.17) is 23.2 Å². The zero-order chi connectivity index (χ0) is 10.8. The molecular weight excluding hydrogens is 231 g/mol. The highest BCUT2D eigenvalue weighted by Crippen LogP contribution is 2.23. The van der Waals surface area contributed by atoms with Crippen molar-refractivity contribution in [2.45, 2.75) is 24.6 Å². The average Bonchev–Trinajstić information content (AvgIpc) is 2.73. The molecule has 0 bridgehead atoms. The van der Waals surface area contributed by atoms with E-state index in [-0.39, 0.29) is 11.7 Å². The molecule has 0 fully saturated rings. The molecule has 0 saturated carbocycles. The molecule has 0 amide bonds. The van der Waals surface area contributed by atoms with E-state index in [1.807, 2.05) is 18.2 Å². The fourth-order valence-corrected chi connectivity index (χ4v) is 2.24. The number of aryl methyl sites for hydroxylation is 2. The summed E-state index contributed by atoms with van der Waals surface area (Å²) in [5.41, 5.74) is 3.35. The fraction of sp³-hybridized carbons (Fsp3) is 0.417. The molecule has 2 rings (SSSR count). The van der Waals surface area contributed by atoms with E-state index >= 15 is 0 Å². The first-order valence-corrected chi connectivity index (χ1v) is 6.05. The summed E-state index contributed by atoms with van der Waals surface area (Å²) in [4.78, 5) is 11.8. The van der Waals surface area contributed by atoms with Crippen molar-refractivity contribution in [2.24, 2.45) is 0 Å². The van der Waals surface area contributed by atoms with Crippen molar-refractivity contribution in [2.75, 3.05) is 5.88 Å². The molecule has 0 radical (unpaired) electrons. The molecule has 0 N–H and O–H groups in total. The first-order valence-electron chi connectivity index (χ1n) is 5.08. The highest BCUT2D eigenvalue weighted by Gasteiger charge is 2.18. The number of ketones is 1. The third-order valence-corrected chi connectivity index (χ3v) is 3.62. The maximum absolute atomic E-state index is 11.8. The number of halogens is 2. The van der Waals surface area contributed by atoms with Gasteiger partial charge < -0.3 is 0 Å². The van der Waals surface area contributed by atoms with E-state index in [1.54, 1.807) is 0 Å². The van der Waals surface area contributed by atoms with Gasteiger partial charge >= 0.3 is 0 Å². The second kappa shape index (κ2) is 4.54. The highest BCUT2D eigenvalue weighted by molar-refractivity contribution is 6.38. The zero-order valence-corrected chi connectivity index (χ0v) is 9.81. The summed E-state index contributed by atoms with van der Waals surface area (Å²) < 4.78 is 0. The van der Waals surface area contributed by atoms with Gasteiger partial charge in [0.1, 0.15) is 5.38 Å². The third kappa shape index (κ3) is 2.19. The maximum Gasteiger partial charge on any atom is 0.181 e. The van der Waals surface area contributed by atoms with Crippen molar-refractivity contribution in [3.05, 3.63) is 34.9 Å². The zero-order valence-electron chi connectivity index (χ0n) is 8.30. The van der Waals surface area contributed by atoms with Gasteiger partial charge in [-0.15, -0.1) is 23.2 Å². The lowest BCUT2D eigenvalue weighted by molar-refractivity contribution is 0.0992. The number of rotatable bonds is 3. The van der Waals surface area contributed by atoms with E-state index < -0.39 is 5.38 Å². The van der Waals surface area contributed by atoms with Gasteiger partial charge in [-0.3, -0.25) is 4.79 Å². The first kappa shape index (κ1) is 11.0. The molecule has 1 aliphatic rings. The number of hydrogen-bond acceptors (Lipinski definition) is 1. The Kier molecular flexibility index (Phi) is 3.32. The lowest BCUT2D eigenvalue weighted by Gasteiger charge is -2.06. The molecule has 1 aliphatic carbocycles. The summed E-state index contributed by atoms with van der Waals surface area (Å²) in [6.45, 7) is 0. The molecule has 0 spiro atoms. The summed E-state index contributed by atoms with van der Waals surface area (Å²) in [5, 5.41) is -0.605. The van der Waals surface area contributed by atoms with E-state index in [9.17, 15) is 4.79 Å². The molecule has 1 nitrogen and oxygen atoms in total. The van der Waals surface area contributed by atoms with Crippen LogP contribution in [0.5, 0.6) is 0 Å². The number of carbonyl (C=O) groups excluding carboxylic acids is 1. The van der Waals surface area contributed by atoms with Crippen LogP contribution in [0.3, 0.4) is 0 Å². The van der Waals surface area contributed by atoms with Crippen LogP contribution in [0.25, 0.3) is 0 Å². The second-order valence-electron chi connectivity index (χ2n) is 3.82. The van der Waals surface area contributed by atoms with Gasteiger partial charge in [0.2, 0.25) is 0 Å². The summed E-state index contributed by atoms with van der Waals surface area (Å²) in [5.74, 6) is 0.0960. The summed E-state index contributed by atoms with van der Waals surface area (Å²) >= 11 is 11.4. The van der Waals surface area contributed by atoms with Gasteiger partial charge in [0.25, 0.3) is 0 Å². The second-order valence-corrected chi connectivity index (χ2v) is 4.66. The van der Waals surface area contributed by atoms with Gasteiger partial charge in [-0.25, -0.2) is 0 Å². The molecule has 0 aromatic heterocycles. The molecule has 0 aliphatic heterocycles. The van der Waals surface area contributed by atoms with E-state index in [1.165, 1.54) is 17.5 Å². The van der Waals surface area contributed by atoms with E-state index in [0.717, 1.165) is 12.8 Å². The number of Topliss-reactive ketones (excluding diaryl/α,β-unsaturated/α-hetero) is 1. The first-order chi connectivity index (χ1) is 7.22. The van der Waals surface area contributed by atoms with Gasteiger partial charge in [-0.2, -0.15) is 0 Å². The Labute approximate surface area is 99.4 Å². The molecule has 3 heteroatoms. The van der Waals surface area contributed by atoms with Crippen LogP contribution >= 0.6 is 23.2 Å². The van der Waals surface area contributed by atoms with Gasteiger partial charge in [0.05, 0.1) is 0 Å². The molecule has 1 atom stereocenters. The van der Waals surface area contributed by atoms with Crippen LogP contribution in [0.15, 0.2) is 18.2 Å². The van der Waals surface area contributed by atoms with Crippen LogP contribution in [0.2, 0.25) is 0 Å². The third-order valence-electron chi connectivity index (χ3n) is 2.80. The van der Waals surface area contributed by atoms with Crippen molar-refractivity contribution in [3.63, 3.8) is 0 Å². The SMILES string of the molecule is O=C(c1ccc2c(c1)CCC2)C(Cl)CCl. The molecule has 0 saturated heterocycles. The smallest absolute Gasteiger partial charge is 0.181 e. The van der Waals surface area contributed by atoms with Crippen molar-refractivity contribution in [1.29, 1.82) is 0 Å². The van der Waals surface area contributed by atoms with Gasteiger partial charge in [0.15, 0.2) is 5.78 Å². The lowest BCUT2D eigenvalue weighted by atomic mass is 10.0. The monoisotopic (exact) mass is 242 g/mol. The van der Waals surface area contributed by atoms with Gasteiger partial charge in [-0.1, -0.05) is 12.1 Å². The summed E-state index contributed by atoms with van der Waals surface area (Å²) in [6.07, 6.45) is 3.39. The molecule has 15 heavy (non-hydrogen) atoms. The Balaban J connectivity index is 2.26. The summed E-state index contributed by atoms with van der Waals surface area (Å²) in [7, 11) is 0. The predicted molar refractivity (Wildman–Crippen MR) is 63.2 cm³/mol. The van der Waals surface area contributed by atoms with Crippen LogP contribution in [0.4, 0.5) is 0 Å². The van der Waals surface area contributed by atoms with E-state index in [0.29, 0.717) is 5.56 Å². The van der Waals surface area contributed by atoms with E-state index in [2.05, 4.69) is 0 Å². The van der Waals surface area contributed by atoms with Gasteiger partial charge in [0, 0.05) is 11.4 Å². The van der Waals surface area contributed by atoms with Gasteiger partial charge in [-0.05, 0) is 36.5 Å². The largest absolute Gasteiger partial charge is 0.292 e. The minimum Gasteiger partial charge on any atom is -0.292 e. The quantitative estimate of drug-likeness (QED) is 0.588. The van der Waals surface area contributed by atoms with Crippen molar-refractivity contribution in [3.8, 4) is 0 Å². The maximum atomic E-state index is 11.8. The minimum absolute atomic E-state index is 0.0682. The van der Waals surface area contributed by atoms with Crippen molar-refractivity contribution < 1.29 is 4.79 Å². The Morgan fingerprint density at radius 3 is 2.80 bits per heavy atom. The van der Waals surface area contributed by atoms with Crippen LogP contribution < -0.4 is 0 Å². The molecule has 0 heterocycles. The van der Waals surface area contributed by atoms with Crippen molar-refractivity contribution >= 4 is 29.0 Å². The topological polar surface area (TPSA) is 17.1 Å². The fourth-order valence-electron chi connectivity index (χ4n) is 1.98. The van der Waals surface area contributed by atoms with Crippen LogP contribution in [0, 0.1) is 0 Å². The molecule has 1 aromatic carbocycles. The summed E-state index contributed by atoms with van der Waals surface area (Å²) in [6, 6.07) is 5.86. The predicted octanol–water partition coefficient (Wildman–Crippen LogP) is 3.20. The number of alkyl halides is 2. The molecule has 1 unspecified atom stereocenters. The molecule has 80 valence electrons. The Bertz CT molecular complexity index is 387. The lowest BCUT2D eigenvalue weighted by Crippen LogP contribution is -2.16. The standard InChI is InChI=1S/C12H12Cl2O/c13-7-11(14)12(15)10-5-4-8-2-1-3-9(8)6-10/h4-6,11H,1-3,7H2. The van der Waals surface area contributed by atoms with Crippen LogP contribution in [-0.4, -0.2) is 17.0 Å². The molecular formula is C12H12Cl2O. The highest BCUT2D eigenvalue weighted by atomic mass is 35.5. The Morgan fingerprint density at radius 1 is 1.33 bits per heavy atom. The van der Waals surface area contributed by atoms with Crippen LogP contribution in [0.1, 0.15) is 27.9 Å². The molecule has 1 aromatic rings. The normalized spacial score (nSPS) is 16.1. The Hall–Kier alpha value is -0.530. The number of hydrogen-bond donors (Lipinski definition) is 0. The minimum atomic E-state index is -0.605.